The summed E-state index contributed by atoms with van der Waals surface area (Å²) in [5.41, 5.74) is 20.1. The summed E-state index contributed by atoms with van der Waals surface area (Å²) in [6, 6.07) is 11.8. The molecule has 5 aromatic rings. The minimum atomic E-state index is -2.47. The van der Waals surface area contributed by atoms with Gasteiger partial charge in [-0.25, -0.2) is 19.4 Å². The minimum Gasteiger partial charge on any atom is -0.460 e. The number of piperidine rings is 1. The Morgan fingerprint density at radius 1 is 0.700 bits per heavy atom. The Kier molecular flexibility index (Phi) is 38.0. The van der Waals surface area contributed by atoms with Crippen LogP contribution in [0.5, 0.6) is 0 Å². The van der Waals surface area contributed by atoms with Crippen molar-refractivity contribution in [3.63, 3.8) is 0 Å². The monoisotopic (exact) mass is 1810 g/mol. The topological polar surface area (TPSA) is 408 Å². The number of aromatic nitrogens is 5. The number of methoxy groups -OCH3 is 3. The molecule has 12 rings (SSSR count). The van der Waals surface area contributed by atoms with Gasteiger partial charge in [0.25, 0.3) is 17.7 Å². The molecular weight excluding hydrogens is 1670 g/mol. The lowest BCUT2D eigenvalue weighted by Gasteiger charge is -2.43. The summed E-state index contributed by atoms with van der Waals surface area (Å²) in [7, 11) is 4.57. The Hall–Kier alpha value is -8.36. The number of amides is 2. The predicted molar refractivity (Wildman–Crippen MR) is 486 cm³/mol. The fourth-order valence-corrected chi connectivity index (χ4v) is 19.6. The molecule has 0 radical (unpaired) electrons. The number of carbonyl (C=O) groups excluding carboxylic acids is 6. The first-order chi connectivity index (χ1) is 62.7. The van der Waals surface area contributed by atoms with Crippen LogP contribution in [0.4, 0.5) is 11.8 Å². The molecule has 0 spiro atoms. The first kappa shape index (κ1) is 101. The zero-order chi connectivity index (χ0) is 92.5. The number of cyclic esters (lactones) is 1. The molecule has 0 unspecified atom stereocenters. The van der Waals surface area contributed by atoms with Crippen LogP contribution < -0.4 is 11.5 Å². The van der Waals surface area contributed by atoms with Gasteiger partial charge in [-0.05, 0) is 161 Å². The van der Waals surface area contributed by atoms with Crippen molar-refractivity contribution in [3.8, 4) is 11.3 Å². The van der Waals surface area contributed by atoms with Crippen LogP contribution in [0.3, 0.4) is 0 Å². The molecule has 9 heterocycles. The number of aliphatic hydroxyl groups excluding tert-OH is 2. The highest BCUT2D eigenvalue weighted by atomic mass is 16.6. The van der Waals surface area contributed by atoms with Crippen LogP contribution in [0.1, 0.15) is 168 Å². The van der Waals surface area contributed by atoms with Crippen molar-refractivity contribution in [2.75, 3.05) is 151 Å². The summed E-state index contributed by atoms with van der Waals surface area (Å²) in [6.45, 7) is 23.7. The summed E-state index contributed by atoms with van der Waals surface area (Å²) < 4.78 is 78.7. The second-order valence-corrected chi connectivity index (χ2v) is 36.7. The summed E-state index contributed by atoms with van der Waals surface area (Å²) in [5, 5.41) is 41.6. The highest BCUT2D eigenvalue weighted by Gasteiger charge is 2.54. The fraction of sp³-hybridized carbons (Fsp3) is 0.670. The molecule has 1 aliphatic carbocycles. The van der Waals surface area contributed by atoms with Gasteiger partial charge in [0.15, 0.2) is 17.0 Å². The van der Waals surface area contributed by atoms with E-state index in [4.69, 9.17) is 77.8 Å². The third-order valence-corrected chi connectivity index (χ3v) is 27.3. The van der Waals surface area contributed by atoms with Gasteiger partial charge in [0, 0.05) is 128 Å². The number of hydrogen-bond donors (Lipinski definition) is 5. The summed E-state index contributed by atoms with van der Waals surface area (Å²) in [6.07, 6.45) is 14.3. The highest BCUT2D eigenvalue weighted by Crippen LogP contribution is 2.41. The second kappa shape index (κ2) is 49.0. The van der Waals surface area contributed by atoms with Gasteiger partial charge < -0.3 is 97.8 Å². The number of esters is 2. The molecule has 6 aliphatic heterocycles. The zero-order valence-electron chi connectivity index (χ0n) is 77.8. The van der Waals surface area contributed by atoms with E-state index in [1.807, 2.05) is 79.8 Å². The standard InChI is InChI=1S/C97H141N11O22/c1-61-17-12-11-13-18-62(2)81(118-8)54-75-26-21-67(7)97(117,130-75)91(114)94(115)107-31-15-14-19-77(107)95(116)128-82(55-78(109)63(3)48-66(6)89(113)90(120-10)88(112)65(5)47-61)64(4)49-68-23-27-80(83(51-68)119-9)127-85(111)20-16-35-121-39-41-123-37-33-104-58-74-53-73(104)59-105(74)34-38-124-42-44-126-46-45-125-43-40-122-36-30-84(110)106-32-29-70-50-69(22-24-72(70)57-106)56-108-93-86(92(98)100-60-101-93)87(103-108)71-25-28-79-76(52-71)102-96(99)129-79/h11-13,17-18,22,24-25,28,48,50,52,60-61,63-65,67-68,73-75,77-78,80-83,89-90,109,113,117H,14-16,19-21,23,26-27,29-47,49,51,53-59H2,1-10H3,(H2,99,102)(H2,98,100,101)/b13-11+,17-12+,62-18+,66-48+/t61-,63-,64-,65-,67-,68+,73+,74+,75+,77+,78-,80-,81+,82+,83-,89-,90+,97-/m1/s1. The lowest BCUT2D eigenvalue weighted by molar-refractivity contribution is -0.265. The number of aliphatic hydroxyl groups is 3. The number of ether oxygens (including phenoxy) is 12. The van der Waals surface area contributed by atoms with E-state index < -0.39 is 96.1 Å². The van der Waals surface area contributed by atoms with Crippen LogP contribution in [0, 0.1) is 35.5 Å². The number of oxazole rings is 1. The van der Waals surface area contributed by atoms with Gasteiger partial charge in [0.2, 0.25) is 11.7 Å². The molecule has 4 bridgehead atoms. The molecule has 716 valence electrons. The van der Waals surface area contributed by atoms with Crippen LogP contribution in [-0.4, -0.2) is 308 Å². The number of nitrogen functional groups attached to an aromatic ring is 2. The van der Waals surface area contributed by atoms with Gasteiger partial charge in [-0.3, -0.25) is 33.8 Å². The number of carbonyl (C=O) groups is 6. The Balaban J connectivity index is 0.496. The average Bonchev–Trinajstić information content (AvgIpc) is 1.18. The van der Waals surface area contributed by atoms with Crippen LogP contribution in [0.25, 0.3) is 33.4 Å². The van der Waals surface area contributed by atoms with Crippen molar-refractivity contribution in [2.45, 2.75) is 243 Å². The maximum absolute atomic E-state index is 14.8. The molecular formula is C97H141N11O22. The summed E-state index contributed by atoms with van der Waals surface area (Å²) >= 11 is 0. The number of anilines is 2. The number of benzene rings is 2. The quantitative estimate of drug-likeness (QED) is 0.0109. The van der Waals surface area contributed by atoms with Crippen molar-refractivity contribution >= 4 is 69.3 Å². The maximum atomic E-state index is 14.8. The Morgan fingerprint density at radius 2 is 1.41 bits per heavy atom. The summed E-state index contributed by atoms with van der Waals surface area (Å²) in [4.78, 5) is 106. The largest absolute Gasteiger partial charge is 0.460 e. The van der Waals surface area contributed by atoms with Gasteiger partial charge >= 0.3 is 11.9 Å². The van der Waals surface area contributed by atoms with E-state index in [1.54, 1.807) is 47.1 Å². The van der Waals surface area contributed by atoms with E-state index in [2.05, 4.69) is 43.0 Å². The van der Waals surface area contributed by atoms with Crippen LogP contribution in [0.15, 0.2) is 94.7 Å². The first-order valence-corrected chi connectivity index (χ1v) is 47.0. The molecule has 2 amide bonds. The van der Waals surface area contributed by atoms with E-state index in [-0.39, 0.29) is 67.2 Å². The number of piperazine rings is 1. The highest BCUT2D eigenvalue weighted by molar-refractivity contribution is 6.39. The van der Waals surface area contributed by atoms with Crippen LogP contribution >= 0.6 is 0 Å². The van der Waals surface area contributed by atoms with Gasteiger partial charge in [0.05, 0.1) is 115 Å². The second-order valence-electron chi connectivity index (χ2n) is 36.7. The van der Waals surface area contributed by atoms with Crippen molar-refractivity contribution in [2.24, 2.45) is 35.5 Å². The van der Waals surface area contributed by atoms with Crippen molar-refractivity contribution in [1.29, 1.82) is 0 Å². The Bertz CT molecular complexity index is 4670. The zero-order valence-corrected chi connectivity index (χ0v) is 77.8. The molecule has 1 saturated carbocycles. The molecule has 7 aliphatic rings. The smallest absolute Gasteiger partial charge is 0.329 e. The number of allylic oxidation sites excluding steroid dienone is 5. The van der Waals surface area contributed by atoms with Gasteiger partial charge in [0.1, 0.15) is 53.8 Å². The van der Waals surface area contributed by atoms with Crippen molar-refractivity contribution < 1.29 is 105 Å². The van der Waals surface area contributed by atoms with Gasteiger partial charge in [-0.1, -0.05) is 89.3 Å². The normalized spacial score (nSPS) is 29.6. The molecule has 18 atom stereocenters. The Morgan fingerprint density at radius 3 is 2.11 bits per heavy atom. The Labute approximate surface area is 763 Å². The number of nitrogens with zero attached hydrogens (tertiary/aromatic N) is 9. The number of nitrogens with two attached hydrogens (primary N) is 2. The number of Topliss-reactive ketones (excluding diaryl/α,β-unsaturated/α-hetero) is 2. The minimum absolute atomic E-state index is 0.00251. The van der Waals surface area contributed by atoms with E-state index >= 15 is 0 Å². The van der Waals surface area contributed by atoms with Crippen LogP contribution in [-0.2, 0) is 105 Å². The molecule has 5 fully saturated rings. The lowest BCUT2D eigenvalue weighted by atomic mass is 9.78. The number of ketones is 2. The van der Waals surface area contributed by atoms with Gasteiger partial charge in [-0.2, -0.15) is 10.1 Å². The number of likely N-dealkylation sites (tertiary alicyclic amines) is 2. The average molecular weight is 1810 g/mol. The molecule has 3 aromatic heterocycles. The molecule has 7 N–H and O–H groups in total. The molecule has 130 heavy (non-hydrogen) atoms. The predicted octanol–water partition coefficient (Wildman–Crippen LogP) is 9.30. The third-order valence-electron chi connectivity index (χ3n) is 27.3. The number of fused-ring (bicyclic) bond motifs is 8. The van der Waals surface area contributed by atoms with Crippen molar-refractivity contribution in [3.05, 3.63) is 107 Å². The maximum Gasteiger partial charge on any atom is 0.329 e. The van der Waals surface area contributed by atoms with E-state index in [9.17, 15) is 44.1 Å². The molecule has 2 aromatic carbocycles. The molecule has 4 saturated heterocycles. The van der Waals surface area contributed by atoms with E-state index in [0.29, 0.717) is 227 Å². The van der Waals surface area contributed by atoms with E-state index in [0.717, 1.165) is 61.3 Å². The first-order valence-electron chi connectivity index (χ1n) is 47.0. The SMILES string of the molecule is CO[C@H]1C[C@@H]2CC[C@@H](C)[C@@](O)(O2)C(=O)C(=O)N2CCCC[C@H]2C(=O)O[C@H]([C@H](C)C[C@@H]2CC[C@@H](OC(=O)CCCOCCOCCN3C[C@@H]4C[C@H]3CN4CCOCCOCCOCCOCCC(=O)N3CCc4cc(Cn5nc(-c6ccc7oc(N)nc7c6)c6c(N)ncnc65)ccc4C3)[C@H](OC)C2)C[C@@H](O)[C@H](C)/C=C(\C)[C@@H](O)[C@@H](OC)C(=O)[C@H](C)C[C@H](C)/C=C/C=C/C=C/1C. The van der Waals surface area contributed by atoms with Gasteiger partial charge in [-0.15, -0.1) is 0 Å². The lowest BCUT2D eigenvalue weighted by Crippen LogP contribution is -2.61. The van der Waals surface area contributed by atoms with Crippen molar-refractivity contribution in [1.82, 2.24) is 44.3 Å². The number of rotatable bonds is 35. The molecule has 33 heteroatoms. The molecule has 33 nitrogen and oxygen atoms in total. The fourth-order valence-electron chi connectivity index (χ4n) is 19.6. The van der Waals surface area contributed by atoms with Crippen LogP contribution in [0.2, 0.25) is 0 Å². The summed E-state index contributed by atoms with van der Waals surface area (Å²) in [5.74, 6) is -7.75. The van der Waals surface area contributed by atoms with E-state index in [1.165, 1.54) is 23.9 Å². The third kappa shape index (κ3) is 27.0. The number of hydrogen-bond acceptors (Lipinski definition) is 30.